The minimum absolute atomic E-state index is 0.162. The number of rotatable bonds is 4. The van der Waals surface area contributed by atoms with Crippen molar-refractivity contribution in [3.8, 4) is 0 Å². The fourth-order valence-corrected chi connectivity index (χ4v) is 3.55. The van der Waals surface area contributed by atoms with Gasteiger partial charge in [-0.15, -0.1) is 0 Å². The van der Waals surface area contributed by atoms with Gasteiger partial charge in [0.2, 0.25) is 0 Å². The van der Waals surface area contributed by atoms with Crippen LogP contribution in [0.15, 0.2) is 16.6 Å². The van der Waals surface area contributed by atoms with Crippen molar-refractivity contribution in [1.82, 2.24) is 0 Å². The molecule has 1 heterocycles. The average molecular weight is 396 g/mol. The number of carbonyl (C=O) groups is 2. The van der Waals surface area contributed by atoms with Crippen LogP contribution in [-0.2, 0) is 11.2 Å². The SMILES string of the molecule is CCCCC(=O)c1cc(Br)c2c(c1)CCCN2C(=O)OC(C)(C)C. The maximum atomic E-state index is 12.5. The van der Waals surface area contributed by atoms with Crippen molar-refractivity contribution < 1.29 is 14.3 Å². The van der Waals surface area contributed by atoms with E-state index >= 15 is 0 Å². The molecular weight excluding hydrogens is 370 g/mol. The molecule has 0 aromatic heterocycles. The fourth-order valence-electron chi connectivity index (χ4n) is 2.83. The summed E-state index contributed by atoms with van der Waals surface area (Å²) in [6, 6.07) is 3.77. The number of Topliss-reactive ketones (excluding diaryl/α,β-unsaturated/α-hetero) is 1. The lowest BCUT2D eigenvalue weighted by atomic mass is 9.96. The number of fused-ring (bicyclic) bond motifs is 1. The van der Waals surface area contributed by atoms with Crippen LogP contribution in [0.25, 0.3) is 0 Å². The number of carbonyl (C=O) groups excluding carboxylic acids is 2. The van der Waals surface area contributed by atoms with Crippen LogP contribution in [0.3, 0.4) is 0 Å². The van der Waals surface area contributed by atoms with Gasteiger partial charge in [0.05, 0.1) is 5.69 Å². The van der Waals surface area contributed by atoms with E-state index in [9.17, 15) is 9.59 Å². The van der Waals surface area contributed by atoms with Crippen molar-refractivity contribution in [2.75, 3.05) is 11.4 Å². The highest BCUT2D eigenvalue weighted by Gasteiger charge is 2.29. The first-order valence-corrected chi connectivity index (χ1v) is 9.38. The Morgan fingerprint density at radius 1 is 1.29 bits per heavy atom. The van der Waals surface area contributed by atoms with Crippen LogP contribution < -0.4 is 4.90 Å². The van der Waals surface area contributed by atoms with Gasteiger partial charge in [-0.05, 0) is 73.7 Å². The monoisotopic (exact) mass is 395 g/mol. The largest absolute Gasteiger partial charge is 0.443 e. The lowest BCUT2D eigenvalue weighted by Gasteiger charge is -2.32. The number of anilines is 1. The molecule has 4 nitrogen and oxygen atoms in total. The maximum absolute atomic E-state index is 12.5. The molecule has 0 aliphatic carbocycles. The van der Waals surface area contributed by atoms with Gasteiger partial charge < -0.3 is 4.74 Å². The number of benzene rings is 1. The first-order valence-electron chi connectivity index (χ1n) is 8.59. The standard InChI is InChI=1S/C19H26BrNO3/c1-5-6-9-16(22)14-11-13-8-7-10-21(17(13)15(20)12-14)18(23)24-19(2,3)4/h11-12H,5-10H2,1-4H3. The summed E-state index contributed by atoms with van der Waals surface area (Å²) in [5.41, 5.74) is 2.06. The smallest absolute Gasteiger partial charge is 0.414 e. The van der Waals surface area contributed by atoms with E-state index in [1.807, 2.05) is 32.9 Å². The Morgan fingerprint density at radius 3 is 2.62 bits per heavy atom. The van der Waals surface area contributed by atoms with E-state index in [2.05, 4.69) is 22.9 Å². The van der Waals surface area contributed by atoms with E-state index in [1.165, 1.54) is 0 Å². The molecule has 0 fully saturated rings. The van der Waals surface area contributed by atoms with Crippen LogP contribution in [0.5, 0.6) is 0 Å². The molecule has 5 heteroatoms. The molecule has 0 unspecified atom stereocenters. The third-order valence-corrected chi connectivity index (χ3v) is 4.54. The number of ketones is 1. The second kappa shape index (κ2) is 7.68. The van der Waals surface area contributed by atoms with E-state index in [1.54, 1.807) is 4.90 Å². The Labute approximate surface area is 152 Å². The van der Waals surface area contributed by atoms with E-state index in [4.69, 9.17) is 4.74 Å². The Bertz CT molecular complexity index is 634. The van der Waals surface area contributed by atoms with Crippen LogP contribution in [0.2, 0.25) is 0 Å². The highest BCUT2D eigenvalue weighted by Crippen LogP contribution is 2.37. The van der Waals surface area contributed by atoms with Crippen LogP contribution in [-0.4, -0.2) is 24.0 Å². The Hall–Kier alpha value is -1.36. The summed E-state index contributed by atoms with van der Waals surface area (Å²) < 4.78 is 6.30. The third kappa shape index (κ3) is 4.59. The van der Waals surface area contributed by atoms with E-state index in [0.29, 0.717) is 13.0 Å². The number of ether oxygens (including phenoxy) is 1. The highest BCUT2D eigenvalue weighted by molar-refractivity contribution is 9.10. The number of hydrogen-bond donors (Lipinski definition) is 0. The van der Waals surface area contributed by atoms with Crippen LogP contribution in [0, 0.1) is 0 Å². The summed E-state index contributed by atoms with van der Waals surface area (Å²) in [6.07, 6.45) is 3.86. The van der Waals surface area contributed by atoms with E-state index < -0.39 is 5.60 Å². The van der Waals surface area contributed by atoms with Gasteiger partial charge in [0.15, 0.2) is 5.78 Å². The van der Waals surface area contributed by atoms with Crippen LogP contribution in [0.4, 0.5) is 10.5 Å². The molecule has 0 N–H and O–H groups in total. The molecule has 1 aromatic rings. The minimum Gasteiger partial charge on any atom is -0.443 e. The number of halogens is 1. The molecule has 2 rings (SSSR count). The van der Waals surface area contributed by atoms with Gasteiger partial charge in [0.1, 0.15) is 5.60 Å². The summed E-state index contributed by atoms with van der Waals surface area (Å²) in [6.45, 7) is 8.29. The summed E-state index contributed by atoms with van der Waals surface area (Å²) in [7, 11) is 0. The molecule has 0 saturated carbocycles. The predicted octanol–water partition coefficient (Wildman–Crippen LogP) is 5.51. The second-order valence-corrected chi connectivity index (χ2v) is 8.08. The lowest BCUT2D eigenvalue weighted by molar-refractivity contribution is 0.0577. The van der Waals surface area contributed by atoms with Crippen molar-refractivity contribution in [2.24, 2.45) is 0 Å². The lowest BCUT2D eigenvalue weighted by Crippen LogP contribution is -2.40. The average Bonchev–Trinajstić information content (AvgIpc) is 2.50. The molecule has 0 saturated heterocycles. The zero-order valence-electron chi connectivity index (χ0n) is 14.9. The predicted molar refractivity (Wildman–Crippen MR) is 99.9 cm³/mol. The number of unbranched alkanes of at least 4 members (excludes halogenated alkanes) is 1. The summed E-state index contributed by atoms with van der Waals surface area (Å²) in [4.78, 5) is 26.5. The molecule has 1 aliphatic rings. The number of amides is 1. The second-order valence-electron chi connectivity index (χ2n) is 7.23. The maximum Gasteiger partial charge on any atom is 0.414 e. The van der Waals surface area contributed by atoms with Gasteiger partial charge in [0, 0.05) is 23.0 Å². The normalized spacial score (nSPS) is 14.3. The Balaban J connectivity index is 2.30. The number of nitrogens with zero attached hydrogens (tertiary/aromatic N) is 1. The van der Waals surface area contributed by atoms with Gasteiger partial charge in [-0.25, -0.2) is 4.79 Å². The van der Waals surface area contributed by atoms with Gasteiger partial charge in [-0.2, -0.15) is 0 Å². The summed E-state index contributed by atoms with van der Waals surface area (Å²) in [5.74, 6) is 0.162. The highest BCUT2D eigenvalue weighted by atomic mass is 79.9. The quantitative estimate of drug-likeness (QED) is 0.631. The van der Waals surface area contributed by atoms with Crippen LogP contribution in [0.1, 0.15) is 69.3 Å². The fraction of sp³-hybridized carbons (Fsp3) is 0.579. The first-order chi connectivity index (χ1) is 11.2. The molecule has 1 amide bonds. The van der Waals surface area contributed by atoms with Gasteiger partial charge in [0.25, 0.3) is 0 Å². The molecule has 132 valence electrons. The third-order valence-electron chi connectivity index (χ3n) is 3.93. The zero-order chi connectivity index (χ0) is 17.9. The first kappa shape index (κ1) is 19.0. The molecule has 0 spiro atoms. The van der Waals surface area contributed by atoms with E-state index in [0.717, 1.165) is 47.0 Å². The Morgan fingerprint density at radius 2 is 2.00 bits per heavy atom. The van der Waals surface area contributed by atoms with Crippen molar-refractivity contribution in [2.45, 2.75) is 65.4 Å². The van der Waals surface area contributed by atoms with Crippen molar-refractivity contribution in [1.29, 1.82) is 0 Å². The van der Waals surface area contributed by atoms with Gasteiger partial charge >= 0.3 is 6.09 Å². The van der Waals surface area contributed by atoms with Crippen molar-refractivity contribution >= 4 is 33.5 Å². The van der Waals surface area contributed by atoms with Crippen LogP contribution >= 0.6 is 15.9 Å². The molecule has 1 aliphatic heterocycles. The summed E-state index contributed by atoms with van der Waals surface area (Å²) in [5, 5.41) is 0. The number of aryl methyl sites for hydroxylation is 1. The zero-order valence-corrected chi connectivity index (χ0v) is 16.5. The van der Waals surface area contributed by atoms with Gasteiger partial charge in [-0.1, -0.05) is 13.3 Å². The van der Waals surface area contributed by atoms with E-state index in [-0.39, 0.29) is 11.9 Å². The van der Waals surface area contributed by atoms with Crippen molar-refractivity contribution in [3.63, 3.8) is 0 Å². The number of hydrogen-bond acceptors (Lipinski definition) is 3. The molecule has 0 radical (unpaired) electrons. The molecule has 24 heavy (non-hydrogen) atoms. The molecular formula is C19H26BrNO3. The summed E-state index contributed by atoms with van der Waals surface area (Å²) >= 11 is 3.56. The molecule has 1 aromatic carbocycles. The Kier molecular flexibility index (Phi) is 6.07. The molecule has 0 atom stereocenters. The molecule has 0 bridgehead atoms. The minimum atomic E-state index is -0.531. The van der Waals surface area contributed by atoms with Gasteiger partial charge in [-0.3, -0.25) is 9.69 Å². The van der Waals surface area contributed by atoms with Crippen molar-refractivity contribution in [3.05, 3.63) is 27.7 Å². The topological polar surface area (TPSA) is 46.6 Å².